The van der Waals surface area contributed by atoms with Gasteiger partial charge < -0.3 is 10.2 Å². The van der Waals surface area contributed by atoms with Crippen LogP contribution < -0.4 is 5.73 Å². The second-order valence-corrected chi connectivity index (χ2v) is 2.83. The first kappa shape index (κ1) is 7.81. The van der Waals surface area contributed by atoms with Crippen LogP contribution in [0.25, 0.3) is 0 Å². The summed E-state index contributed by atoms with van der Waals surface area (Å²) in [4.78, 5) is 10.9. The fourth-order valence-corrected chi connectivity index (χ4v) is 1.17. The standard InChI is InChI=1S/C7H7NO2Si/c8-6-4-2-1-3-5(6)7(9)11-10/h1-4,11H,8H2. The predicted molar refractivity (Wildman–Crippen MR) is 43.0 cm³/mol. The molecule has 0 aliphatic heterocycles. The van der Waals surface area contributed by atoms with Gasteiger partial charge in [-0.15, -0.1) is 0 Å². The number of nitrogens with two attached hydrogens (primary N) is 1. The average Bonchev–Trinajstić information content (AvgIpc) is 2.04. The second kappa shape index (κ2) is 3.20. The van der Waals surface area contributed by atoms with E-state index >= 15 is 0 Å². The molecule has 1 aromatic carbocycles. The fraction of sp³-hybridized carbons (Fsp3) is 0. The summed E-state index contributed by atoms with van der Waals surface area (Å²) in [6, 6.07) is 6.61. The first-order valence-electron chi connectivity index (χ1n) is 3.09. The van der Waals surface area contributed by atoms with Crippen molar-refractivity contribution >= 4 is 20.5 Å². The Labute approximate surface area is 66.1 Å². The van der Waals surface area contributed by atoms with E-state index in [1.54, 1.807) is 24.3 Å². The molecule has 0 aliphatic carbocycles. The van der Waals surface area contributed by atoms with Gasteiger partial charge in [0.25, 0.3) is 0 Å². The maximum Gasteiger partial charge on any atom is 0.341 e. The van der Waals surface area contributed by atoms with E-state index in [4.69, 9.17) is 5.73 Å². The minimum absolute atomic E-state index is 0.359. The molecule has 1 aromatic rings. The molecule has 0 aromatic heterocycles. The van der Waals surface area contributed by atoms with Gasteiger partial charge >= 0.3 is 9.41 Å². The van der Waals surface area contributed by atoms with Crippen molar-refractivity contribution in [3.05, 3.63) is 29.8 Å². The Morgan fingerprint density at radius 1 is 1.36 bits per heavy atom. The maximum atomic E-state index is 10.9. The van der Waals surface area contributed by atoms with Gasteiger partial charge in [0.1, 0.15) is 0 Å². The molecule has 0 bridgehead atoms. The first-order chi connectivity index (χ1) is 5.25. The Kier molecular flexibility index (Phi) is 2.27. The Hall–Kier alpha value is -1.29. The monoisotopic (exact) mass is 165 g/mol. The Bertz CT molecular complexity index is 298. The van der Waals surface area contributed by atoms with Crippen LogP contribution in [0.1, 0.15) is 10.4 Å². The van der Waals surface area contributed by atoms with Crippen LogP contribution in [0.5, 0.6) is 0 Å². The third-order valence-electron chi connectivity index (χ3n) is 1.33. The van der Waals surface area contributed by atoms with Gasteiger partial charge in [-0.25, -0.2) is 0 Å². The van der Waals surface area contributed by atoms with Gasteiger partial charge in [0.15, 0.2) is 0 Å². The molecule has 2 N–H and O–H groups in total. The van der Waals surface area contributed by atoms with E-state index in [0.717, 1.165) is 0 Å². The Balaban J connectivity index is 3.13. The molecule has 0 aliphatic rings. The van der Waals surface area contributed by atoms with Crippen LogP contribution in [0, 0.1) is 0 Å². The zero-order valence-electron chi connectivity index (χ0n) is 5.78. The highest BCUT2D eigenvalue weighted by molar-refractivity contribution is 6.67. The molecule has 0 saturated heterocycles. The van der Waals surface area contributed by atoms with Gasteiger partial charge in [-0.05, 0) is 12.1 Å². The third-order valence-corrected chi connectivity index (χ3v) is 1.86. The van der Waals surface area contributed by atoms with Gasteiger partial charge in [0.05, 0.1) is 0 Å². The molecule has 0 spiro atoms. The summed E-state index contributed by atoms with van der Waals surface area (Å²) in [5, 5.41) is -0.372. The van der Waals surface area contributed by atoms with Crippen LogP contribution in [0.2, 0.25) is 0 Å². The van der Waals surface area contributed by atoms with Crippen molar-refractivity contribution in [3.8, 4) is 0 Å². The largest absolute Gasteiger partial charge is 0.398 e. The van der Waals surface area contributed by atoms with Crippen LogP contribution in [0.15, 0.2) is 24.3 Å². The van der Waals surface area contributed by atoms with Crippen molar-refractivity contribution in [3.63, 3.8) is 0 Å². The molecular weight excluding hydrogens is 158 g/mol. The fourth-order valence-electron chi connectivity index (χ4n) is 0.785. The van der Waals surface area contributed by atoms with E-state index in [2.05, 4.69) is 0 Å². The molecule has 0 radical (unpaired) electrons. The van der Waals surface area contributed by atoms with Crippen molar-refractivity contribution in [2.24, 2.45) is 0 Å². The molecule has 4 heteroatoms. The molecule has 3 nitrogen and oxygen atoms in total. The van der Waals surface area contributed by atoms with Crippen molar-refractivity contribution in [2.45, 2.75) is 0 Å². The molecule has 0 fully saturated rings. The smallest absolute Gasteiger partial charge is 0.341 e. The van der Waals surface area contributed by atoms with Crippen molar-refractivity contribution in [2.75, 3.05) is 5.73 Å². The molecule has 0 heterocycles. The average molecular weight is 165 g/mol. The van der Waals surface area contributed by atoms with Crippen molar-refractivity contribution in [1.82, 2.24) is 0 Å². The Morgan fingerprint density at radius 2 is 2.00 bits per heavy atom. The number of carbonyl (C=O) groups is 1. The van der Waals surface area contributed by atoms with E-state index in [0.29, 0.717) is 11.3 Å². The summed E-state index contributed by atoms with van der Waals surface area (Å²) in [5.41, 5.74) is 6.20. The number of nitrogen functional groups attached to an aromatic ring is 1. The lowest BCUT2D eigenvalue weighted by Crippen LogP contribution is -2.04. The number of anilines is 1. The van der Waals surface area contributed by atoms with Gasteiger partial charge in [0.2, 0.25) is 5.41 Å². The number of benzene rings is 1. The van der Waals surface area contributed by atoms with E-state index in [1.165, 1.54) is 0 Å². The summed E-state index contributed by atoms with van der Waals surface area (Å²) in [7, 11) is -1.41. The van der Waals surface area contributed by atoms with Crippen LogP contribution >= 0.6 is 0 Å². The van der Waals surface area contributed by atoms with Gasteiger partial charge in [-0.1, -0.05) is 12.1 Å². The number of hydrogen-bond acceptors (Lipinski definition) is 3. The van der Waals surface area contributed by atoms with Gasteiger partial charge in [0, 0.05) is 11.3 Å². The number of para-hydroxylation sites is 1. The SMILES string of the molecule is Nc1ccccc1C(=O)[SiH]=O. The van der Waals surface area contributed by atoms with E-state index < -0.39 is 9.41 Å². The number of hydrogen-bond donors (Lipinski definition) is 1. The van der Waals surface area contributed by atoms with Crippen LogP contribution in [0.3, 0.4) is 0 Å². The highest BCUT2D eigenvalue weighted by Gasteiger charge is 2.06. The summed E-state index contributed by atoms with van der Waals surface area (Å²) < 4.78 is 10.3. The topological polar surface area (TPSA) is 60.2 Å². The molecule has 0 unspecified atom stereocenters. The van der Waals surface area contributed by atoms with Gasteiger partial charge in [-0.3, -0.25) is 4.79 Å². The van der Waals surface area contributed by atoms with Crippen molar-refractivity contribution in [1.29, 1.82) is 0 Å². The summed E-state index contributed by atoms with van der Waals surface area (Å²) in [6.45, 7) is 0. The molecule has 0 amide bonds. The lowest BCUT2D eigenvalue weighted by Gasteiger charge is -1.97. The molecule has 1 rings (SSSR count). The molecular formula is C7H7NO2Si. The number of carbonyl (C=O) groups excluding carboxylic acids is 1. The van der Waals surface area contributed by atoms with Crippen LogP contribution in [-0.2, 0) is 4.46 Å². The first-order valence-corrected chi connectivity index (χ1v) is 4.14. The van der Waals surface area contributed by atoms with Crippen LogP contribution in [-0.4, -0.2) is 14.8 Å². The van der Waals surface area contributed by atoms with Crippen LogP contribution in [0.4, 0.5) is 5.69 Å². The molecule has 11 heavy (non-hydrogen) atoms. The summed E-state index contributed by atoms with van der Waals surface area (Å²) in [5.74, 6) is 0. The zero-order valence-corrected chi connectivity index (χ0v) is 6.94. The minimum atomic E-state index is -1.41. The summed E-state index contributed by atoms with van der Waals surface area (Å²) in [6.07, 6.45) is 0. The van der Waals surface area contributed by atoms with E-state index in [-0.39, 0.29) is 5.41 Å². The van der Waals surface area contributed by atoms with Gasteiger partial charge in [-0.2, -0.15) is 0 Å². The third kappa shape index (κ3) is 1.59. The quantitative estimate of drug-likeness (QED) is 0.502. The molecule has 0 atom stereocenters. The predicted octanol–water partition coefficient (Wildman–Crippen LogP) is 0.191. The second-order valence-electron chi connectivity index (χ2n) is 2.07. The minimum Gasteiger partial charge on any atom is -0.398 e. The molecule has 0 saturated carbocycles. The lowest BCUT2D eigenvalue weighted by atomic mass is 10.2. The highest BCUT2D eigenvalue weighted by atomic mass is 28.2. The highest BCUT2D eigenvalue weighted by Crippen LogP contribution is 2.09. The lowest BCUT2D eigenvalue weighted by molar-refractivity contribution is 0.107. The summed E-state index contributed by atoms with van der Waals surface area (Å²) >= 11 is 0. The zero-order chi connectivity index (χ0) is 8.27. The number of rotatable bonds is 2. The van der Waals surface area contributed by atoms with E-state index in [1.807, 2.05) is 0 Å². The maximum absolute atomic E-state index is 10.9. The van der Waals surface area contributed by atoms with E-state index in [9.17, 15) is 9.26 Å². The normalized spacial score (nSPS) is 9.09. The van der Waals surface area contributed by atoms with Crippen molar-refractivity contribution < 1.29 is 9.26 Å². The molecule has 56 valence electrons. The Morgan fingerprint density at radius 3 is 2.55 bits per heavy atom.